The van der Waals surface area contributed by atoms with Gasteiger partial charge in [0.15, 0.2) is 0 Å². The van der Waals surface area contributed by atoms with Crippen molar-refractivity contribution in [1.29, 1.82) is 0 Å². The van der Waals surface area contributed by atoms with Crippen LogP contribution in [-0.2, 0) is 0 Å². The van der Waals surface area contributed by atoms with Gasteiger partial charge in [-0.05, 0) is 32.7 Å². The molecule has 3 N–H and O–H groups in total. The molecule has 0 aliphatic carbocycles. The molecule has 0 bridgehead atoms. The maximum atomic E-state index is 8.73. The molecular weight excluding hydrogens is 164 g/mol. The van der Waals surface area contributed by atoms with E-state index in [0.717, 1.165) is 13.0 Å². The predicted molar refractivity (Wildman–Crippen MR) is 54.6 cm³/mol. The van der Waals surface area contributed by atoms with Crippen LogP contribution in [0, 0.1) is 0 Å². The van der Waals surface area contributed by atoms with E-state index in [1.165, 1.54) is 25.8 Å². The summed E-state index contributed by atoms with van der Waals surface area (Å²) >= 11 is 0. The van der Waals surface area contributed by atoms with Gasteiger partial charge in [0.05, 0.1) is 0 Å². The number of piperidine rings is 1. The van der Waals surface area contributed by atoms with E-state index in [-0.39, 0.29) is 12.6 Å². The predicted octanol–water partition coefficient (Wildman–Crippen LogP) is 0.571. The topological polar surface area (TPSA) is 49.5 Å². The van der Waals surface area contributed by atoms with E-state index >= 15 is 0 Å². The van der Waals surface area contributed by atoms with Gasteiger partial charge in [-0.1, -0.05) is 6.42 Å². The summed E-state index contributed by atoms with van der Waals surface area (Å²) in [5.74, 6) is 0. The van der Waals surface area contributed by atoms with Crippen LogP contribution in [0.4, 0.5) is 0 Å². The Balaban J connectivity index is 2.25. The minimum Gasteiger partial charge on any atom is -0.396 e. The Morgan fingerprint density at radius 1 is 1.54 bits per heavy atom. The second kappa shape index (κ2) is 5.58. The van der Waals surface area contributed by atoms with Crippen LogP contribution in [-0.4, -0.2) is 41.8 Å². The largest absolute Gasteiger partial charge is 0.396 e. The quantitative estimate of drug-likeness (QED) is 0.675. The molecule has 0 amide bonds. The van der Waals surface area contributed by atoms with Gasteiger partial charge in [-0.3, -0.25) is 4.90 Å². The molecule has 1 fully saturated rings. The van der Waals surface area contributed by atoms with Gasteiger partial charge < -0.3 is 10.8 Å². The van der Waals surface area contributed by atoms with Crippen LogP contribution in [0.25, 0.3) is 0 Å². The lowest BCUT2D eigenvalue weighted by atomic mass is 10.0. The summed E-state index contributed by atoms with van der Waals surface area (Å²) in [5, 5.41) is 8.73. The summed E-state index contributed by atoms with van der Waals surface area (Å²) in [5.41, 5.74) is 5.88. The molecule has 0 saturated carbocycles. The van der Waals surface area contributed by atoms with Crippen molar-refractivity contribution in [2.24, 2.45) is 5.73 Å². The Labute approximate surface area is 80.9 Å². The average molecular weight is 186 g/mol. The number of likely N-dealkylation sites (tertiary alicyclic amines) is 1. The van der Waals surface area contributed by atoms with E-state index in [1.807, 2.05) is 0 Å². The van der Waals surface area contributed by atoms with Crippen LogP contribution in [0.3, 0.4) is 0 Å². The minimum atomic E-state index is 0.144. The smallest absolute Gasteiger partial charge is 0.0446 e. The standard InChI is InChI=1S/C10H22N2O/c1-9-4-2-3-6-12(9)8-10(11)5-7-13/h9-10,13H,2-8,11H2,1H3. The van der Waals surface area contributed by atoms with E-state index in [9.17, 15) is 0 Å². The number of nitrogens with two attached hydrogens (primary N) is 1. The first-order valence-corrected chi connectivity index (χ1v) is 5.34. The van der Waals surface area contributed by atoms with Crippen molar-refractivity contribution < 1.29 is 5.11 Å². The van der Waals surface area contributed by atoms with Gasteiger partial charge in [-0.15, -0.1) is 0 Å². The fourth-order valence-electron chi connectivity index (χ4n) is 1.99. The van der Waals surface area contributed by atoms with Gasteiger partial charge in [0.1, 0.15) is 0 Å². The molecule has 1 saturated heterocycles. The number of aliphatic hydroxyl groups excluding tert-OH is 1. The van der Waals surface area contributed by atoms with Crippen molar-refractivity contribution in [2.75, 3.05) is 19.7 Å². The van der Waals surface area contributed by atoms with Crippen LogP contribution in [0.5, 0.6) is 0 Å². The molecule has 0 spiro atoms. The van der Waals surface area contributed by atoms with Crippen LogP contribution < -0.4 is 5.73 Å². The third-order valence-electron chi connectivity index (χ3n) is 2.91. The zero-order chi connectivity index (χ0) is 9.68. The van der Waals surface area contributed by atoms with Crippen LogP contribution in [0.2, 0.25) is 0 Å². The van der Waals surface area contributed by atoms with Gasteiger partial charge in [0.25, 0.3) is 0 Å². The van der Waals surface area contributed by atoms with Crippen molar-refractivity contribution in [3.63, 3.8) is 0 Å². The zero-order valence-electron chi connectivity index (χ0n) is 8.58. The number of aliphatic hydroxyl groups is 1. The molecule has 78 valence electrons. The molecular formula is C10H22N2O. The summed E-state index contributed by atoms with van der Waals surface area (Å²) in [4.78, 5) is 2.45. The highest BCUT2D eigenvalue weighted by Gasteiger charge is 2.19. The lowest BCUT2D eigenvalue weighted by Crippen LogP contribution is -2.45. The lowest BCUT2D eigenvalue weighted by Gasteiger charge is -2.34. The monoisotopic (exact) mass is 186 g/mol. The van der Waals surface area contributed by atoms with Crippen molar-refractivity contribution in [2.45, 2.75) is 44.7 Å². The summed E-state index contributed by atoms with van der Waals surface area (Å²) < 4.78 is 0. The molecule has 3 nitrogen and oxygen atoms in total. The highest BCUT2D eigenvalue weighted by atomic mass is 16.3. The second-order valence-electron chi connectivity index (χ2n) is 4.11. The Hall–Kier alpha value is -0.120. The lowest BCUT2D eigenvalue weighted by molar-refractivity contribution is 0.144. The number of nitrogens with zero attached hydrogens (tertiary/aromatic N) is 1. The summed E-state index contributed by atoms with van der Waals surface area (Å²) in [6.07, 6.45) is 4.68. The van der Waals surface area contributed by atoms with Crippen LogP contribution >= 0.6 is 0 Å². The molecule has 0 aromatic rings. The third kappa shape index (κ3) is 3.63. The van der Waals surface area contributed by atoms with E-state index in [2.05, 4.69) is 11.8 Å². The Kier molecular flexibility index (Phi) is 4.70. The van der Waals surface area contributed by atoms with Gasteiger partial charge in [0, 0.05) is 25.2 Å². The molecule has 1 aliphatic rings. The van der Waals surface area contributed by atoms with Gasteiger partial charge in [-0.2, -0.15) is 0 Å². The summed E-state index contributed by atoms with van der Waals surface area (Å²) in [6, 6.07) is 0.823. The Bertz CT molecular complexity index is 141. The molecule has 1 rings (SSSR count). The minimum absolute atomic E-state index is 0.144. The maximum Gasteiger partial charge on any atom is 0.0446 e. The molecule has 0 radical (unpaired) electrons. The Morgan fingerprint density at radius 2 is 2.31 bits per heavy atom. The van der Waals surface area contributed by atoms with Gasteiger partial charge >= 0.3 is 0 Å². The highest BCUT2D eigenvalue weighted by Crippen LogP contribution is 2.16. The summed E-state index contributed by atoms with van der Waals surface area (Å²) in [6.45, 7) is 4.61. The molecule has 2 atom stereocenters. The van der Waals surface area contributed by atoms with Crippen molar-refractivity contribution in [3.8, 4) is 0 Å². The van der Waals surface area contributed by atoms with Crippen LogP contribution in [0.15, 0.2) is 0 Å². The van der Waals surface area contributed by atoms with Crippen molar-refractivity contribution in [3.05, 3.63) is 0 Å². The van der Waals surface area contributed by atoms with E-state index in [0.29, 0.717) is 6.04 Å². The van der Waals surface area contributed by atoms with Gasteiger partial charge in [-0.25, -0.2) is 0 Å². The van der Waals surface area contributed by atoms with E-state index < -0.39 is 0 Å². The van der Waals surface area contributed by atoms with E-state index in [4.69, 9.17) is 10.8 Å². The Morgan fingerprint density at radius 3 is 2.92 bits per heavy atom. The molecule has 1 aliphatic heterocycles. The highest BCUT2D eigenvalue weighted by molar-refractivity contribution is 4.76. The van der Waals surface area contributed by atoms with Crippen molar-refractivity contribution in [1.82, 2.24) is 4.90 Å². The first-order chi connectivity index (χ1) is 6.24. The van der Waals surface area contributed by atoms with Crippen LogP contribution in [0.1, 0.15) is 32.6 Å². The fourth-order valence-corrected chi connectivity index (χ4v) is 1.99. The molecule has 13 heavy (non-hydrogen) atoms. The molecule has 0 aromatic carbocycles. The molecule has 2 unspecified atom stereocenters. The second-order valence-corrected chi connectivity index (χ2v) is 4.11. The first kappa shape index (κ1) is 11.0. The fraction of sp³-hybridized carbons (Fsp3) is 1.00. The molecule has 0 aromatic heterocycles. The first-order valence-electron chi connectivity index (χ1n) is 5.34. The van der Waals surface area contributed by atoms with Crippen molar-refractivity contribution >= 4 is 0 Å². The third-order valence-corrected chi connectivity index (χ3v) is 2.91. The number of hydrogen-bond acceptors (Lipinski definition) is 3. The zero-order valence-corrected chi connectivity index (χ0v) is 8.58. The normalized spacial score (nSPS) is 27.5. The summed E-state index contributed by atoms with van der Waals surface area (Å²) in [7, 11) is 0. The number of rotatable bonds is 4. The average Bonchev–Trinajstić information content (AvgIpc) is 2.09. The SMILES string of the molecule is CC1CCCCN1CC(N)CCO. The van der Waals surface area contributed by atoms with E-state index in [1.54, 1.807) is 0 Å². The number of hydrogen-bond donors (Lipinski definition) is 2. The van der Waals surface area contributed by atoms with Gasteiger partial charge in [0.2, 0.25) is 0 Å². The molecule has 1 heterocycles. The molecule has 3 heteroatoms. The maximum absolute atomic E-state index is 8.73.